The van der Waals surface area contributed by atoms with Crippen molar-refractivity contribution in [2.75, 3.05) is 0 Å². The molecule has 112 valence electrons. The number of hydrogen-bond acceptors (Lipinski definition) is 2. The highest BCUT2D eigenvalue weighted by molar-refractivity contribution is 6.11. The fraction of sp³-hybridized carbons (Fsp3) is 0.333. The summed E-state index contributed by atoms with van der Waals surface area (Å²) >= 11 is 0. The Balaban J connectivity index is 1.87. The molecule has 1 aromatic carbocycles. The largest absolute Gasteiger partial charge is 0.347 e. The lowest BCUT2D eigenvalue weighted by Crippen LogP contribution is -2.27. The highest BCUT2D eigenvalue weighted by atomic mass is 16.1. The Kier molecular flexibility index (Phi) is 1.60. The molecule has 0 N–H and O–H groups in total. The Morgan fingerprint density at radius 3 is 3.23 bits per heavy atom. The van der Waals surface area contributed by atoms with E-state index in [0.29, 0.717) is 16.6 Å². The molecular formula is C18H19N3O. The maximum absolute atomic E-state index is 13.5. The van der Waals surface area contributed by atoms with Crippen molar-refractivity contribution in [1.29, 1.82) is 0 Å². The molecule has 0 bridgehead atoms. The summed E-state index contributed by atoms with van der Waals surface area (Å²) in [5.41, 5.74) is 0.940. The molecule has 4 heteroatoms. The van der Waals surface area contributed by atoms with E-state index in [1.807, 2.05) is 0 Å². The number of carbonyl (C=O) groups is 1. The summed E-state index contributed by atoms with van der Waals surface area (Å²) in [6.45, 7) is -7.48. The van der Waals surface area contributed by atoms with Gasteiger partial charge < -0.3 is 9.13 Å². The normalized spacial score (nSPS) is 25.1. The van der Waals surface area contributed by atoms with E-state index in [1.165, 1.54) is 17.0 Å². The summed E-state index contributed by atoms with van der Waals surface area (Å²) in [6.07, 6.45) is 2.63. The number of Topliss-reactive ketones (excluding diaryl/α,β-unsaturated/α-hetero) is 1. The number of carbonyl (C=O) groups excluding carboxylic acids is 1. The van der Waals surface area contributed by atoms with Gasteiger partial charge in [-0.25, -0.2) is 4.98 Å². The minimum Gasteiger partial charge on any atom is -0.347 e. The van der Waals surface area contributed by atoms with Crippen LogP contribution in [0.1, 0.15) is 39.3 Å². The number of fused-ring (bicyclic) bond motifs is 3. The molecule has 0 aliphatic heterocycles. The standard InChI is InChI=1S/C18H19N3O/c1-12-19-9-10-21(12)11-13-7-8-16-17(18(13)22)14-5-3-4-6-15(14)20(16)2/h3-6,9-10,13H,7-8,11H2,1-2H3/i1D3,2D3,11D2. The van der Waals surface area contributed by atoms with Gasteiger partial charge in [0.25, 0.3) is 0 Å². The number of rotatable bonds is 2. The monoisotopic (exact) mass is 301 g/mol. The number of aromatic nitrogens is 3. The summed E-state index contributed by atoms with van der Waals surface area (Å²) < 4.78 is 65.8. The fourth-order valence-electron chi connectivity index (χ4n) is 3.09. The van der Waals surface area contributed by atoms with Gasteiger partial charge in [0, 0.05) is 62.2 Å². The lowest BCUT2D eigenvalue weighted by molar-refractivity contribution is 0.0888. The van der Waals surface area contributed by atoms with Gasteiger partial charge in [-0.1, -0.05) is 18.2 Å². The summed E-state index contributed by atoms with van der Waals surface area (Å²) in [5, 5.41) is 0.454. The topological polar surface area (TPSA) is 39.8 Å². The SMILES string of the molecule is [2H]C([2H])([2H])c1nccn1C([2H])([2H])C1CCc2c(c3ccccc3n2C([2H])([2H])[2H])C1=O. The second-order valence-electron chi connectivity index (χ2n) is 5.38. The van der Waals surface area contributed by atoms with E-state index in [2.05, 4.69) is 4.98 Å². The number of ketones is 1. The maximum Gasteiger partial charge on any atom is 0.170 e. The van der Waals surface area contributed by atoms with Crippen LogP contribution in [0.5, 0.6) is 0 Å². The van der Waals surface area contributed by atoms with E-state index in [4.69, 9.17) is 11.0 Å². The van der Waals surface area contributed by atoms with Crippen molar-refractivity contribution in [2.24, 2.45) is 12.9 Å². The second kappa shape index (κ2) is 4.83. The Morgan fingerprint density at radius 1 is 1.45 bits per heavy atom. The second-order valence-corrected chi connectivity index (χ2v) is 5.38. The summed E-state index contributed by atoms with van der Waals surface area (Å²) in [6, 6.07) is 6.66. The molecule has 0 saturated heterocycles. The first kappa shape index (κ1) is 7.27. The number of hydrogen-bond donors (Lipinski definition) is 0. The van der Waals surface area contributed by atoms with Crippen LogP contribution in [0.25, 0.3) is 10.9 Å². The predicted molar refractivity (Wildman–Crippen MR) is 86.0 cm³/mol. The van der Waals surface area contributed by atoms with Gasteiger partial charge in [0.1, 0.15) is 5.82 Å². The van der Waals surface area contributed by atoms with Gasteiger partial charge in [-0.2, -0.15) is 0 Å². The van der Waals surface area contributed by atoms with Crippen LogP contribution in [-0.2, 0) is 19.9 Å². The van der Waals surface area contributed by atoms with Gasteiger partial charge in [0.15, 0.2) is 5.78 Å². The number of para-hydroxylation sites is 1. The van der Waals surface area contributed by atoms with Crippen LogP contribution in [0, 0.1) is 12.8 Å². The molecule has 1 aliphatic carbocycles. The van der Waals surface area contributed by atoms with Crippen molar-refractivity contribution in [3.8, 4) is 0 Å². The highest BCUT2D eigenvalue weighted by Crippen LogP contribution is 2.34. The van der Waals surface area contributed by atoms with E-state index in [9.17, 15) is 4.79 Å². The Morgan fingerprint density at radius 2 is 2.36 bits per heavy atom. The molecule has 4 nitrogen and oxygen atoms in total. The van der Waals surface area contributed by atoms with E-state index < -0.39 is 37.9 Å². The smallest absolute Gasteiger partial charge is 0.170 e. The molecule has 22 heavy (non-hydrogen) atoms. The molecule has 2 aromatic heterocycles. The van der Waals surface area contributed by atoms with E-state index >= 15 is 0 Å². The van der Waals surface area contributed by atoms with E-state index in [1.54, 1.807) is 24.3 Å². The first-order valence-corrected chi connectivity index (χ1v) is 7.06. The fourth-order valence-corrected chi connectivity index (χ4v) is 3.09. The molecule has 2 heterocycles. The van der Waals surface area contributed by atoms with Crippen LogP contribution in [0.3, 0.4) is 0 Å². The molecule has 1 aliphatic rings. The molecule has 1 unspecified atom stereocenters. The number of nitrogens with zero attached hydrogens (tertiary/aromatic N) is 3. The summed E-state index contributed by atoms with van der Waals surface area (Å²) in [5.74, 6) is -2.15. The number of benzene rings is 1. The molecule has 4 rings (SSSR count). The third kappa shape index (κ3) is 1.83. The molecule has 0 fully saturated rings. The van der Waals surface area contributed by atoms with Crippen molar-refractivity contribution >= 4 is 16.7 Å². The quantitative estimate of drug-likeness (QED) is 0.729. The zero-order chi connectivity index (χ0) is 22.1. The Hall–Kier alpha value is -2.36. The lowest BCUT2D eigenvalue weighted by Gasteiger charge is -2.23. The minimum absolute atomic E-state index is 0.0455. The van der Waals surface area contributed by atoms with Crippen LogP contribution in [-0.4, -0.2) is 19.9 Å². The number of aryl methyl sites for hydroxylation is 2. The van der Waals surface area contributed by atoms with Gasteiger partial charge in [-0.05, 0) is 25.8 Å². The first-order valence-electron chi connectivity index (χ1n) is 11.1. The van der Waals surface area contributed by atoms with Gasteiger partial charge in [-0.15, -0.1) is 0 Å². The van der Waals surface area contributed by atoms with Crippen LogP contribution in [0.15, 0.2) is 36.7 Å². The van der Waals surface area contributed by atoms with Gasteiger partial charge in [-0.3, -0.25) is 4.79 Å². The zero-order valence-corrected chi connectivity index (χ0v) is 11.7. The van der Waals surface area contributed by atoms with E-state index in [0.717, 1.165) is 4.57 Å². The highest BCUT2D eigenvalue weighted by Gasteiger charge is 2.32. The molecule has 0 radical (unpaired) electrons. The van der Waals surface area contributed by atoms with Crippen molar-refractivity contribution in [1.82, 2.24) is 14.1 Å². The third-order valence-corrected chi connectivity index (χ3v) is 4.14. The van der Waals surface area contributed by atoms with Crippen molar-refractivity contribution in [3.05, 3.63) is 53.7 Å². The lowest BCUT2D eigenvalue weighted by atomic mass is 9.85. The van der Waals surface area contributed by atoms with E-state index in [-0.39, 0.29) is 18.4 Å². The van der Waals surface area contributed by atoms with Gasteiger partial charge in [0.05, 0.1) is 2.74 Å². The molecule has 0 spiro atoms. The molecule has 0 amide bonds. The molecular weight excluding hydrogens is 274 g/mol. The maximum atomic E-state index is 13.5. The van der Waals surface area contributed by atoms with Gasteiger partial charge in [0.2, 0.25) is 0 Å². The molecule has 0 saturated carbocycles. The molecule has 1 atom stereocenters. The average Bonchev–Trinajstić information content (AvgIpc) is 3.24. The minimum atomic E-state index is -2.64. The predicted octanol–water partition coefficient (Wildman–Crippen LogP) is 3.13. The third-order valence-electron chi connectivity index (χ3n) is 4.14. The molecule has 3 aromatic rings. The summed E-state index contributed by atoms with van der Waals surface area (Å²) in [4.78, 5) is 17.2. The van der Waals surface area contributed by atoms with Crippen molar-refractivity contribution < 1.29 is 15.8 Å². The Bertz CT molecular complexity index is 1140. The average molecular weight is 301 g/mol. The van der Waals surface area contributed by atoms with Crippen molar-refractivity contribution in [3.63, 3.8) is 0 Å². The van der Waals surface area contributed by atoms with Crippen molar-refractivity contribution in [2.45, 2.75) is 26.2 Å². The summed E-state index contributed by atoms with van der Waals surface area (Å²) in [7, 11) is 0. The van der Waals surface area contributed by atoms with Crippen LogP contribution < -0.4 is 0 Å². The number of imidazole rings is 1. The zero-order valence-electron chi connectivity index (χ0n) is 19.7. The van der Waals surface area contributed by atoms with Gasteiger partial charge >= 0.3 is 0 Å². The Labute approximate surface area is 140 Å². The van der Waals surface area contributed by atoms with Crippen LogP contribution in [0.4, 0.5) is 0 Å². The van der Waals surface area contributed by atoms with Crippen LogP contribution in [0.2, 0.25) is 0 Å². The first-order chi connectivity index (χ1) is 13.8. The van der Waals surface area contributed by atoms with Crippen LogP contribution >= 0.6 is 0 Å².